The summed E-state index contributed by atoms with van der Waals surface area (Å²) in [5, 5.41) is 4.20. The van der Waals surface area contributed by atoms with Gasteiger partial charge in [-0.3, -0.25) is 4.79 Å². The number of nitrogens with zero attached hydrogens (tertiary/aromatic N) is 3. The number of carbonyl (C=O) groups excluding carboxylic acids is 1. The summed E-state index contributed by atoms with van der Waals surface area (Å²) < 4.78 is 19.6. The summed E-state index contributed by atoms with van der Waals surface area (Å²) in [4.78, 5) is 13.8. The molecule has 0 saturated carbocycles. The van der Waals surface area contributed by atoms with Gasteiger partial charge >= 0.3 is 0 Å². The van der Waals surface area contributed by atoms with E-state index >= 15 is 0 Å². The number of hydrogen-bond donors (Lipinski definition) is 0. The summed E-state index contributed by atoms with van der Waals surface area (Å²) in [7, 11) is 3.35. The van der Waals surface area contributed by atoms with E-state index in [4.69, 9.17) is 4.74 Å². The molecular formula is C15H18FN3O2. The third-order valence-corrected chi connectivity index (χ3v) is 3.07. The maximum absolute atomic E-state index is 13.2. The maximum Gasteiger partial charge on any atom is 0.274 e. The molecule has 112 valence electrons. The van der Waals surface area contributed by atoms with Crippen molar-refractivity contribution in [3.8, 4) is 5.69 Å². The van der Waals surface area contributed by atoms with Gasteiger partial charge < -0.3 is 9.64 Å². The van der Waals surface area contributed by atoms with Crippen LogP contribution in [0.2, 0.25) is 0 Å². The summed E-state index contributed by atoms with van der Waals surface area (Å²) in [5.41, 5.74) is 0.912. The second kappa shape index (κ2) is 6.99. The minimum atomic E-state index is -0.340. The number of halogens is 1. The molecule has 0 spiro atoms. The second-order valence-electron chi connectivity index (χ2n) is 4.70. The largest absolute Gasteiger partial charge is 0.385 e. The van der Waals surface area contributed by atoms with Gasteiger partial charge in [0.25, 0.3) is 5.91 Å². The molecule has 0 bridgehead atoms. The first-order chi connectivity index (χ1) is 10.1. The lowest BCUT2D eigenvalue weighted by atomic mass is 10.3. The predicted molar refractivity (Wildman–Crippen MR) is 77.0 cm³/mol. The molecule has 0 aliphatic rings. The maximum atomic E-state index is 13.2. The highest BCUT2D eigenvalue weighted by molar-refractivity contribution is 5.92. The molecule has 5 nitrogen and oxygen atoms in total. The van der Waals surface area contributed by atoms with Gasteiger partial charge in [0.2, 0.25) is 0 Å². The SMILES string of the molecule is COCCCN(C)C(=O)c1ccn(-c2cccc(F)c2)n1. The summed E-state index contributed by atoms with van der Waals surface area (Å²) >= 11 is 0. The molecule has 1 heterocycles. The molecule has 0 fully saturated rings. The van der Waals surface area contributed by atoms with Crippen molar-refractivity contribution in [2.45, 2.75) is 6.42 Å². The van der Waals surface area contributed by atoms with Crippen molar-refractivity contribution in [2.75, 3.05) is 27.3 Å². The summed E-state index contributed by atoms with van der Waals surface area (Å²) in [6.45, 7) is 1.20. The van der Waals surface area contributed by atoms with Crippen molar-refractivity contribution in [2.24, 2.45) is 0 Å². The molecular weight excluding hydrogens is 273 g/mol. The van der Waals surface area contributed by atoms with Gasteiger partial charge in [-0.1, -0.05) is 6.07 Å². The second-order valence-corrected chi connectivity index (χ2v) is 4.70. The van der Waals surface area contributed by atoms with E-state index in [0.29, 0.717) is 24.5 Å². The molecule has 21 heavy (non-hydrogen) atoms. The van der Waals surface area contributed by atoms with E-state index < -0.39 is 0 Å². The monoisotopic (exact) mass is 291 g/mol. The Labute approximate surface area is 122 Å². The molecule has 6 heteroatoms. The van der Waals surface area contributed by atoms with E-state index in [1.807, 2.05) is 0 Å². The number of ether oxygens (including phenoxy) is 1. The molecule has 2 aromatic rings. The van der Waals surface area contributed by atoms with E-state index in [9.17, 15) is 9.18 Å². The Morgan fingerprint density at radius 1 is 1.43 bits per heavy atom. The van der Waals surface area contributed by atoms with E-state index in [2.05, 4.69) is 5.10 Å². The van der Waals surface area contributed by atoms with Crippen LogP contribution in [0.1, 0.15) is 16.9 Å². The Hall–Kier alpha value is -2.21. The fourth-order valence-electron chi connectivity index (χ4n) is 1.94. The van der Waals surface area contributed by atoms with Crippen LogP contribution in [0.15, 0.2) is 36.5 Å². The topological polar surface area (TPSA) is 47.4 Å². The van der Waals surface area contributed by atoms with E-state index in [0.717, 1.165) is 6.42 Å². The zero-order chi connectivity index (χ0) is 15.2. The fraction of sp³-hybridized carbons (Fsp3) is 0.333. The lowest BCUT2D eigenvalue weighted by Crippen LogP contribution is -2.28. The lowest BCUT2D eigenvalue weighted by molar-refractivity contribution is 0.0773. The van der Waals surface area contributed by atoms with Crippen LogP contribution in [-0.4, -0.2) is 47.9 Å². The Bertz CT molecular complexity index is 612. The first kappa shape index (κ1) is 15.2. The van der Waals surface area contributed by atoms with Crippen molar-refractivity contribution < 1.29 is 13.9 Å². The zero-order valence-corrected chi connectivity index (χ0v) is 12.1. The smallest absolute Gasteiger partial charge is 0.274 e. The van der Waals surface area contributed by atoms with Crippen molar-refractivity contribution >= 4 is 5.91 Å². The Balaban J connectivity index is 2.07. The summed E-state index contributed by atoms with van der Waals surface area (Å²) in [5.74, 6) is -0.506. The van der Waals surface area contributed by atoms with Gasteiger partial charge in [0.05, 0.1) is 5.69 Å². The highest BCUT2D eigenvalue weighted by atomic mass is 19.1. The number of methoxy groups -OCH3 is 1. The highest BCUT2D eigenvalue weighted by Crippen LogP contribution is 2.10. The molecule has 0 saturated heterocycles. The molecule has 0 radical (unpaired) electrons. The van der Waals surface area contributed by atoms with Crippen molar-refractivity contribution in [3.63, 3.8) is 0 Å². The number of amides is 1. The molecule has 1 aromatic carbocycles. The number of carbonyl (C=O) groups is 1. The molecule has 0 unspecified atom stereocenters. The van der Waals surface area contributed by atoms with Crippen LogP contribution in [0.3, 0.4) is 0 Å². The van der Waals surface area contributed by atoms with Crippen LogP contribution in [-0.2, 0) is 4.74 Å². The standard InChI is InChI=1S/C15H18FN3O2/c1-18(8-4-10-21-2)15(20)14-7-9-19(17-14)13-6-3-5-12(16)11-13/h3,5-7,9,11H,4,8,10H2,1-2H3. The molecule has 2 rings (SSSR count). The molecule has 0 atom stereocenters. The van der Waals surface area contributed by atoms with Crippen LogP contribution < -0.4 is 0 Å². The number of aromatic nitrogens is 2. The van der Waals surface area contributed by atoms with Crippen molar-refractivity contribution in [1.29, 1.82) is 0 Å². The fourth-order valence-corrected chi connectivity index (χ4v) is 1.94. The first-order valence-electron chi connectivity index (χ1n) is 6.68. The molecule has 0 aliphatic heterocycles. The van der Waals surface area contributed by atoms with E-state index in [1.165, 1.54) is 16.8 Å². The number of benzene rings is 1. The average molecular weight is 291 g/mol. The molecule has 1 aromatic heterocycles. The average Bonchev–Trinajstić information content (AvgIpc) is 2.96. The van der Waals surface area contributed by atoms with E-state index in [1.54, 1.807) is 43.5 Å². The number of hydrogen-bond acceptors (Lipinski definition) is 3. The van der Waals surface area contributed by atoms with Crippen LogP contribution in [0.4, 0.5) is 4.39 Å². The summed E-state index contributed by atoms with van der Waals surface area (Å²) in [6.07, 6.45) is 2.41. The van der Waals surface area contributed by atoms with Crippen LogP contribution in [0.5, 0.6) is 0 Å². The molecule has 0 aliphatic carbocycles. The molecule has 1 amide bonds. The number of rotatable bonds is 6. The van der Waals surface area contributed by atoms with Gasteiger partial charge in [-0.2, -0.15) is 5.10 Å². The van der Waals surface area contributed by atoms with Gasteiger partial charge in [-0.25, -0.2) is 9.07 Å². The summed E-state index contributed by atoms with van der Waals surface area (Å²) in [6, 6.07) is 7.68. The highest BCUT2D eigenvalue weighted by Gasteiger charge is 2.14. The quantitative estimate of drug-likeness (QED) is 0.766. The lowest BCUT2D eigenvalue weighted by Gasteiger charge is -2.15. The van der Waals surface area contributed by atoms with E-state index in [-0.39, 0.29) is 11.7 Å². The van der Waals surface area contributed by atoms with Gasteiger partial charge in [0.1, 0.15) is 5.82 Å². The normalized spacial score (nSPS) is 10.6. The minimum absolute atomic E-state index is 0.166. The Morgan fingerprint density at radius 2 is 2.24 bits per heavy atom. The third-order valence-electron chi connectivity index (χ3n) is 3.07. The minimum Gasteiger partial charge on any atom is -0.385 e. The molecule has 0 N–H and O–H groups in total. The third kappa shape index (κ3) is 3.88. The predicted octanol–water partition coefficient (Wildman–Crippen LogP) is 2.12. The van der Waals surface area contributed by atoms with Gasteiger partial charge in [0.15, 0.2) is 5.69 Å². The first-order valence-corrected chi connectivity index (χ1v) is 6.68. The van der Waals surface area contributed by atoms with Crippen LogP contribution >= 0.6 is 0 Å². The Morgan fingerprint density at radius 3 is 2.95 bits per heavy atom. The van der Waals surface area contributed by atoms with Gasteiger partial charge in [-0.15, -0.1) is 0 Å². The Kier molecular flexibility index (Phi) is 5.05. The van der Waals surface area contributed by atoms with Crippen molar-refractivity contribution in [3.05, 3.63) is 48.0 Å². The zero-order valence-electron chi connectivity index (χ0n) is 12.1. The van der Waals surface area contributed by atoms with Gasteiger partial charge in [-0.05, 0) is 30.7 Å². The van der Waals surface area contributed by atoms with Gasteiger partial charge in [0, 0.05) is 33.5 Å². The van der Waals surface area contributed by atoms with Crippen molar-refractivity contribution in [1.82, 2.24) is 14.7 Å². The van der Waals surface area contributed by atoms with Crippen LogP contribution in [0, 0.1) is 5.82 Å². The van der Waals surface area contributed by atoms with Crippen LogP contribution in [0.25, 0.3) is 5.69 Å².